The lowest BCUT2D eigenvalue weighted by Gasteiger charge is -2.08. The van der Waals surface area contributed by atoms with Gasteiger partial charge in [-0.25, -0.2) is 0 Å². The predicted molar refractivity (Wildman–Crippen MR) is 81.2 cm³/mol. The quantitative estimate of drug-likeness (QED) is 0.511. The molecular weight excluding hydrogens is 224 g/mol. The highest BCUT2D eigenvalue weighted by molar-refractivity contribution is 4.43. The summed E-state index contributed by atoms with van der Waals surface area (Å²) in [4.78, 5) is 0. The fourth-order valence-electron chi connectivity index (χ4n) is 1.11. The minimum atomic E-state index is 0.455. The molecule has 0 aliphatic rings. The lowest BCUT2D eigenvalue weighted by atomic mass is 10.2. The normalized spacial score (nSPS) is 12.2. The molecule has 2 nitrogen and oxygen atoms in total. The molecule has 0 rings (SSSR count). The zero-order valence-corrected chi connectivity index (χ0v) is 13.6. The van der Waals surface area contributed by atoms with Crippen molar-refractivity contribution in [3.8, 4) is 0 Å². The van der Waals surface area contributed by atoms with Crippen LogP contribution in [0.4, 0.5) is 0 Å². The van der Waals surface area contributed by atoms with Gasteiger partial charge < -0.3 is 9.47 Å². The third-order valence-electron chi connectivity index (χ3n) is 2.57. The number of unbranched alkanes of at least 4 members (excludes halogenated alkanes) is 2. The van der Waals surface area contributed by atoms with E-state index in [1.807, 2.05) is 0 Å². The second kappa shape index (κ2) is 16.9. The van der Waals surface area contributed by atoms with Crippen molar-refractivity contribution in [1.82, 2.24) is 0 Å². The van der Waals surface area contributed by atoms with Crippen molar-refractivity contribution >= 4 is 0 Å². The van der Waals surface area contributed by atoms with Crippen molar-refractivity contribution in [2.75, 3.05) is 19.8 Å². The average Bonchev–Trinajstić information content (AvgIpc) is 2.35. The predicted octanol–water partition coefficient (Wildman–Crippen LogP) is 5.06. The molecular formula is C16H36O2. The highest BCUT2D eigenvalue weighted by Crippen LogP contribution is 1.97. The van der Waals surface area contributed by atoms with Gasteiger partial charge in [0.1, 0.15) is 0 Å². The Kier molecular flexibility index (Phi) is 19.0. The summed E-state index contributed by atoms with van der Waals surface area (Å²) in [6.07, 6.45) is 6.45. The molecule has 0 spiro atoms. The van der Waals surface area contributed by atoms with Crippen LogP contribution in [-0.4, -0.2) is 25.9 Å². The van der Waals surface area contributed by atoms with Gasteiger partial charge in [-0.1, -0.05) is 47.5 Å². The third-order valence-corrected chi connectivity index (χ3v) is 2.57. The second-order valence-electron chi connectivity index (χ2n) is 5.27. The first-order valence-corrected chi connectivity index (χ1v) is 7.77. The van der Waals surface area contributed by atoms with Crippen LogP contribution in [0, 0.1) is 5.92 Å². The van der Waals surface area contributed by atoms with Gasteiger partial charge in [-0.15, -0.1) is 0 Å². The lowest BCUT2D eigenvalue weighted by Crippen LogP contribution is -2.06. The minimum Gasteiger partial charge on any atom is -0.381 e. The minimum absolute atomic E-state index is 0.455. The summed E-state index contributed by atoms with van der Waals surface area (Å²) in [5.74, 6) is 0.682. The summed E-state index contributed by atoms with van der Waals surface area (Å²) in [7, 11) is 0. The molecule has 0 saturated carbocycles. The Bertz CT molecular complexity index is 135. The fraction of sp³-hybridized carbons (Fsp3) is 1.00. The van der Waals surface area contributed by atoms with Crippen molar-refractivity contribution in [1.29, 1.82) is 0 Å². The molecule has 0 aromatic carbocycles. The highest BCUT2D eigenvalue weighted by atomic mass is 16.5. The average molecular weight is 260 g/mol. The lowest BCUT2D eigenvalue weighted by molar-refractivity contribution is 0.0617. The summed E-state index contributed by atoms with van der Waals surface area (Å²) in [5.41, 5.74) is 0. The maximum atomic E-state index is 5.43. The van der Waals surface area contributed by atoms with E-state index in [0.29, 0.717) is 12.0 Å². The molecule has 0 heterocycles. The van der Waals surface area contributed by atoms with Crippen LogP contribution < -0.4 is 0 Å². The molecule has 0 amide bonds. The Labute approximate surface area is 115 Å². The second-order valence-corrected chi connectivity index (χ2v) is 5.27. The maximum absolute atomic E-state index is 5.43. The van der Waals surface area contributed by atoms with Gasteiger partial charge in [0.05, 0.1) is 6.10 Å². The van der Waals surface area contributed by atoms with E-state index in [-0.39, 0.29) is 0 Å². The molecule has 112 valence electrons. The topological polar surface area (TPSA) is 18.5 Å². The van der Waals surface area contributed by atoms with Crippen molar-refractivity contribution < 1.29 is 9.47 Å². The van der Waals surface area contributed by atoms with Crippen LogP contribution in [-0.2, 0) is 9.47 Å². The highest BCUT2D eigenvalue weighted by Gasteiger charge is 1.95. The fourth-order valence-corrected chi connectivity index (χ4v) is 1.11. The SMILES string of the molecule is CCCCOC(C)CC.CCCCOCC(C)C. The third kappa shape index (κ3) is 21.2. The molecule has 0 N–H and O–H groups in total. The van der Waals surface area contributed by atoms with Crippen molar-refractivity contribution in [2.24, 2.45) is 5.92 Å². The Balaban J connectivity index is 0. The molecule has 0 radical (unpaired) electrons. The molecule has 0 aromatic heterocycles. The molecule has 0 fully saturated rings. The smallest absolute Gasteiger partial charge is 0.0544 e. The molecule has 1 atom stereocenters. The molecule has 18 heavy (non-hydrogen) atoms. The van der Waals surface area contributed by atoms with Crippen LogP contribution in [0.1, 0.15) is 73.6 Å². The standard InChI is InChI=1S/2C8H18O/c1-4-5-6-9-7-8(2)3;1-4-6-7-9-8(3)5-2/h2*8H,4-7H2,1-3H3. The maximum Gasteiger partial charge on any atom is 0.0544 e. The van der Waals surface area contributed by atoms with E-state index in [1.54, 1.807) is 0 Å². The zero-order chi connectivity index (χ0) is 14.2. The number of hydrogen-bond donors (Lipinski definition) is 0. The van der Waals surface area contributed by atoms with Crippen molar-refractivity contribution in [3.05, 3.63) is 0 Å². The van der Waals surface area contributed by atoms with Crippen molar-refractivity contribution in [2.45, 2.75) is 79.8 Å². The number of ether oxygens (including phenoxy) is 2. The van der Waals surface area contributed by atoms with Gasteiger partial charge in [-0.2, -0.15) is 0 Å². The first kappa shape index (κ1) is 20.2. The van der Waals surface area contributed by atoms with E-state index in [2.05, 4.69) is 41.5 Å². The Morgan fingerprint density at radius 2 is 1.39 bits per heavy atom. The van der Waals surface area contributed by atoms with Crippen LogP contribution in [0.3, 0.4) is 0 Å². The van der Waals surface area contributed by atoms with Gasteiger partial charge in [0.2, 0.25) is 0 Å². The summed E-state index contributed by atoms with van der Waals surface area (Å²) < 4.78 is 10.8. The van der Waals surface area contributed by atoms with Crippen LogP contribution in [0.2, 0.25) is 0 Å². The van der Waals surface area contributed by atoms with Crippen LogP contribution in [0.5, 0.6) is 0 Å². The van der Waals surface area contributed by atoms with Crippen LogP contribution in [0.25, 0.3) is 0 Å². The summed E-state index contributed by atoms with van der Waals surface area (Å²) >= 11 is 0. The Morgan fingerprint density at radius 1 is 0.833 bits per heavy atom. The van der Waals surface area contributed by atoms with Gasteiger partial charge >= 0.3 is 0 Å². The van der Waals surface area contributed by atoms with E-state index in [1.165, 1.54) is 25.7 Å². The largest absolute Gasteiger partial charge is 0.381 e. The summed E-state index contributed by atoms with van der Waals surface area (Å²) in [6, 6.07) is 0. The van der Waals surface area contributed by atoms with Gasteiger partial charge in [0.15, 0.2) is 0 Å². The molecule has 0 aliphatic carbocycles. The Morgan fingerprint density at radius 3 is 1.83 bits per heavy atom. The van der Waals surface area contributed by atoms with Crippen LogP contribution >= 0.6 is 0 Å². The van der Waals surface area contributed by atoms with Crippen LogP contribution in [0.15, 0.2) is 0 Å². The van der Waals surface area contributed by atoms with Gasteiger partial charge in [0, 0.05) is 19.8 Å². The van der Waals surface area contributed by atoms with Crippen molar-refractivity contribution in [3.63, 3.8) is 0 Å². The van der Waals surface area contributed by atoms with E-state index in [9.17, 15) is 0 Å². The Hall–Kier alpha value is -0.0800. The molecule has 0 bridgehead atoms. The first-order valence-electron chi connectivity index (χ1n) is 7.77. The monoisotopic (exact) mass is 260 g/mol. The van der Waals surface area contributed by atoms with E-state index in [4.69, 9.17) is 9.47 Å². The molecule has 2 heteroatoms. The number of rotatable bonds is 10. The van der Waals surface area contributed by atoms with Gasteiger partial charge in [-0.3, -0.25) is 0 Å². The van der Waals surface area contributed by atoms with E-state index in [0.717, 1.165) is 26.2 Å². The van der Waals surface area contributed by atoms with E-state index >= 15 is 0 Å². The zero-order valence-electron chi connectivity index (χ0n) is 13.6. The van der Waals surface area contributed by atoms with Gasteiger partial charge in [-0.05, 0) is 32.1 Å². The first-order chi connectivity index (χ1) is 8.58. The summed E-state index contributed by atoms with van der Waals surface area (Å²) in [5, 5.41) is 0. The molecule has 1 unspecified atom stereocenters. The van der Waals surface area contributed by atoms with Gasteiger partial charge in [0.25, 0.3) is 0 Å². The summed E-state index contributed by atoms with van der Waals surface area (Å²) in [6.45, 7) is 15.8. The number of hydrogen-bond acceptors (Lipinski definition) is 2. The molecule has 0 saturated heterocycles. The molecule has 0 aromatic rings. The van der Waals surface area contributed by atoms with E-state index < -0.39 is 0 Å². The molecule has 0 aliphatic heterocycles.